The lowest BCUT2D eigenvalue weighted by Gasteiger charge is -2.32. The third-order valence-electron chi connectivity index (χ3n) is 4.44. The Balaban J connectivity index is 1.74. The number of aliphatic imine (C=N–C) groups is 1. The van der Waals surface area contributed by atoms with Crippen LogP contribution in [-0.2, 0) is 11.2 Å². The summed E-state index contributed by atoms with van der Waals surface area (Å²) < 4.78 is 5.07. The van der Waals surface area contributed by atoms with Crippen LogP contribution in [0.1, 0.15) is 38.7 Å². The number of nitrogens with zero attached hydrogens (tertiary/aromatic N) is 2. The largest absolute Gasteiger partial charge is 0.450 e. The summed E-state index contributed by atoms with van der Waals surface area (Å²) in [5.74, 6) is 0.871. The molecule has 2 rings (SSSR count). The Hall–Kier alpha value is -2.24. The molecule has 1 saturated heterocycles. The number of rotatable bonds is 7. The van der Waals surface area contributed by atoms with Crippen molar-refractivity contribution in [2.75, 3.05) is 32.8 Å². The van der Waals surface area contributed by atoms with Crippen molar-refractivity contribution in [3.8, 4) is 0 Å². The molecule has 1 fully saturated rings. The van der Waals surface area contributed by atoms with Crippen molar-refractivity contribution >= 4 is 12.1 Å². The topological polar surface area (TPSA) is 66.0 Å². The van der Waals surface area contributed by atoms with Crippen molar-refractivity contribution in [1.29, 1.82) is 0 Å². The number of carbonyl (C=O) groups is 1. The molecule has 6 nitrogen and oxygen atoms in total. The summed E-state index contributed by atoms with van der Waals surface area (Å²) in [6.07, 6.45) is 3.69. The molecule has 0 spiro atoms. The van der Waals surface area contributed by atoms with Crippen LogP contribution >= 0.6 is 0 Å². The highest BCUT2D eigenvalue weighted by molar-refractivity contribution is 5.80. The minimum absolute atomic E-state index is 0.201. The predicted octanol–water partition coefficient (Wildman–Crippen LogP) is 2.80. The predicted molar refractivity (Wildman–Crippen MR) is 105 cm³/mol. The standard InChI is InChI=1S/C20H32N4O2/c1-3-21-19(22-14-8-11-17-9-6-5-7-10-17)23-18-12-15-24(16-13-18)20(25)26-4-2/h5-7,9-10,18H,3-4,8,11-16H2,1-2H3,(H2,21,22,23). The number of amides is 1. The average Bonchev–Trinajstić information content (AvgIpc) is 2.67. The van der Waals surface area contributed by atoms with E-state index in [2.05, 4.69) is 41.8 Å². The molecule has 0 saturated carbocycles. The molecule has 0 radical (unpaired) electrons. The van der Waals surface area contributed by atoms with E-state index in [0.717, 1.165) is 57.8 Å². The van der Waals surface area contributed by atoms with Gasteiger partial charge in [0.15, 0.2) is 5.96 Å². The van der Waals surface area contributed by atoms with E-state index in [4.69, 9.17) is 9.73 Å². The average molecular weight is 361 g/mol. The van der Waals surface area contributed by atoms with Crippen molar-refractivity contribution in [2.45, 2.75) is 45.6 Å². The van der Waals surface area contributed by atoms with Crippen LogP contribution in [0, 0.1) is 0 Å². The molecule has 0 aliphatic carbocycles. The lowest BCUT2D eigenvalue weighted by molar-refractivity contribution is 0.0963. The summed E-state index contributed by atoms with van der Waals surface area (Å²) in [7, 11) is 0. The first kappa shape index (κ1) is 20.1. The van der Waals surface area contributed by atoms with E-state index >= 15 is 0 Å². The number of hydrogen-bond acceptors (Lipinski definition) is 3. The SMILES string of the molecule is CCNC(=NCCCc1ccccc1)NC1CCN(C(=O)OCC)CC1. The fourth-order valence-electron chi connectivity index (χ4n) is 3.05. The Kier molecular flexibility index (Phi) is 8.79. The first-order valence-corrected chi connectivity index (χ1v) is 9.73. The molecule has 1 aromatic carbocycles. The first-order chi connectivity index (χ1) is 12.7. The van der Waals surface area contributed by atoms with Gasteiger partial charge in [-0.1, -0.05) is 30.3 Å². The molecule has 1 aromatic rings. The van der Waals surface area contributed by atoms with Gasteiger partial charge in [0.1, 0.15) is 0 Å². The highest BCUT2D eigenvalue weighted by Crippen LogP contribution is 2.11. The Morgan fingerprint density at radius 3 is 2.62 bits per heavy atom. The van der Waals surface area contributed by atoms with Gasteiger partial charge in [0.25, 0.3) is 0 Å². The molecule has 1 aliphatic rings. The van der Waals surface area contributed by atoms with E-state index in [0.29, 0.717) is 12.6 Å². The Labute approximate surface area is 157 Å². The maximum absolute atomic E-state index is 11.8. The second kappa shape index (κ2) is 11.4. The van der Waals surface area contributed by atoms with E-state index in [-0.39, 0.29) is 6.09 Å². The number of aryl methyl sites for hydroxylation is 1. The van der Waals surface area contributed by atoms with Crippen LogP contribution in [0.5, 0.6) is 0 Å². The zero-order valence-corrected chi connectivity index (χ0v) is 16.0. The summed E-state index contributed by atoms with van der Waals surface area (Å²) in [5, 5.41) is 6.82. The maximum atomic E-state index is 11.8. The monoisotopic (exact) mass is 360 g/mol. The molecule has 1 heterocycles. The van der Waals surface area contributed by atoms with Crippen molar-refractivity contribution in [3.05, 3.63) is 35.9 Å². The summed E-state index contributed by atoms with van der Waals surface area (Å²) >= 11 is 0. The number of likely N-dealkylation sites (tertiary alicyclic amines) is 1. The summed E-state index contributed by atoms with van der Waals surface area (Å²) in [4.78, 5) is 18.2. The maximum Gasteiger partial charge on any atom is 0.409 e. The summed E-state index contributed by atoms with van der Waals surface area (Å²) in [6.45, 7) is 7.43. The normalized spacial score (nSPS) is 15.6. The second-order valence-electron chi connectivity index (χ2n) is 6.45. The van der Waals surface area contributed by atoms with Gasteiger partial charge in [0.2, 0.25) is 0 Å². The Morgan fingerprint density at radius 1 is 1.23 bits per heavy atom. The molecule has 6 heteroatoms. The quantitative estimate of drug-likeness (QED) is 0.446. The Morgan fingerprint density at radius 2 is 1.96 bits per heavy atom. The molecular weight excluding hydrogens is 328 g/mol. The van der Waals surface area contributed by atoms with E-state index in [9.17, 15) is 4.79 Å². The first-order valence-electron chi connectivity index (χ1n) is 9.73. The van der Waals surface area contributed by atoms with E-state index < -0.39 is 0 Å². The van der Waals surface area contributed by atoms with Crippen molar-refractivity contribution < 1.29 is 9.53 Å². The minimum Gasteiger partial charge on any atom is -0.450 e. The molecule has 144 valence electrons. The molecule has 0 aromatic heterocycles. The molecule has 0 atom stereocenters. The van der Waals surface area contributed by atoms with Crippen LogP contribution in [0.4, 0.5) is 4.79 Å². The fraction of sp³-hybridized carbons (Fsp3) is 0.600. The van der Waals surface area contributed by atoms with Gasteiger partial charge in [-0.3, -0.25) is 4.99 Å². The number of piperidine rings is 1. The second-order valence-corrected chi connectivity index (χ2v) is 6.45. The molecule has 2 N–H and O–H groups in total. The van der Waals surface area contributed by atoms with Gasteiger partial charge in [-0.25, -0.2) is 4.79 Å². The van der Waals surface area contributed by atoms with Crippen LogP contribution < -0.4 is 10.6 Å². The van der Waals surface area contributed by atoms with E-state index in [1.165, 1.54) is 5.56 Å². The highest BCUT2D eigenvalue weighted by atomic mass is 16.6. The van der Waals surface area contributed by atoms with E-state index in [1.807, 2.05) is 13.0 Å². The van der Waals surface area contributed by atoms with Gasteiger partial charge in [0.05, 0.1) is 6.61 Å². The number of nitrogens with one attached hydrogen (secondary N) is 2. The van der Waals surface area contributed by atoms with Gasteiger partial charge in [-0.15, -0.1) is 0 Å². The minimum atomic E-state index is -0.201. The van der Waals surface area contributed by atoms with Gasteiger partial charge in [0, 0.05) is 32.2 Å². The third-order valence-corrected chi connectivity index (χ3v) is 4.44. The number of benzene rings is 1. The van der Waals surface area contributed by atoms with Gasteiger partial charge < -0.3 is 20.3 Å². The number of hydrogen-bond donors (Lipinski definition) is 2. The molecular formula is C20H32N4O2. The van der Waals surface area contributed by atoms with E-state index in [1.54, 1.807) is 4.90 Å². The van der Waals surface area contributed by atoms with Crippen LogP contribution in [0.25, 0.3) is 0 Å². The summed E-state index contributed by atoms with van der Waals surface area (Å²) in [6, 6.07) is 10.9. The molecule has 26 heavy (non-hydrogen) atoms. The number of carbonyl (C=O) groups excluding carboxylic acids is 1. The third kappa shape index (κ3) is 6.94. The lowest BCUT2D eigenvalue weighted by Crippen LogP contribution is -2.49. The molecule has 0 unspecified atom stereocenters. The molecule has 1 aliphatic heterocycles. The zero-order valence-electron chi connectivity index (χ0n) is 16.0. The van der Waals surface area contributed by atoms with Crippen LogP contribution in [0.3, 0.4) is 0 Å². The molecule has 1 amide bonds. The molecule has 0 bridgehead atoms. The van der Waals surface area contributed by atoms with Crippen LogP contribution in [0.15, 0.2) is 35.3 Å². The van der Waals surface area contributed by atoms with Gasteiger partial charge in [-0.2, -0.15) is 0 Å². The Bertz CT molecular complexity index is 554. The number of guanidine groups is 1. The smallest absolute Gasteiger partial charge is 0.409 e. The highest BCUT2D eigenvalue weighted by Gasteiger charge is 2.23. The van der Waals surface area contributed by atoms with Gasteiger partial charge >= 0.3 is 6.09 Å². The van der Waals surface area contributed by atoms with Crippen molar-refractivity contribution in [2.24, 2.45) is 4.99 Å². The fourth-order valence-corrected chi connectivity index (χ4v) is 3.05. The lowest BCUT2D eigenvalue weighted by atomic mass is 10.1. The van der Waals surface area contributed by atoms with Gasteiger partial charge in [-0.05, 0) is 45.1 Å². The van der Waals surface area contributed by atoms with Crippen LogP contribution in [-0.4, -0.2) is 55.8 Å². The number of ether oxygens (including phenoxy) is 1. The van der Waals surface area contributed by atoms with Crippen molar-refractivity contribution in [3.63, 3.8) is 0 Å². The van der Waals surface area contributed by atoms with Crippen molar-refractivity contribution in [1.82, 2.24) is 15.5 Å². The zero-order chi connectivity index (χ0) is 18.6. The van der Waals surface area contributed by atoms with Crippen LogP contribution in [0.2, 0.25) is 0 Å². The summed E-state index contributed by atoms with van der Waals surface area (Å²) in [5.41, 5.74) is 1.35.